The van der Waals surface area contributed by atoms with Gasteiger partial charge in [-0.05, 0) is 6.42 Å². The predicted molar refractivity (Wildman–Crippen MR) is 103 cm³/mol. The number of carboxylic acids is 1. The number of fused-ring (bicyclic) bond motifs is 1. The maximum absolute atomic E-state index is 10.2. The van der Waals surface area contributed by atoms with E-state index in [1.54, 1.807) is 0 Å². The summed E-state index contributed by atoms with van der Waals surface area (Å²) >= 11 is 0. The first-order valence-corrected chi connectivity index (χ1v) is 9.30. The number of amidine groups is 2. The Hall–Kier alpha value is -2.17. The van der Waals surface area contributed by atoms with E-state index in [-0.39, 0.29) is 5.84 Å². The van der Waals surface area contributed by atoms with Gasteiger partial charge in [-0.1, -0.05) is 82.6 Å². The van der Waals surface area contributed by atoms with Gasteiger partial charge in [0.25, 0.3) is 0 Å². The first-order chi connectivity index (χ1) is 12.1. The first-order valence-electron chi connectivity index (χ1n) is 9.30. The molecule has 25 heavy (non-hydrogen) atoms. The molecule has 0 fully saturated rings. The van der Waals surface area contributed by atoms with E-state index in [1.165, 1.54) is 44.9 Å². The van der Waals surface area contributed by atoms with Crippen molar-refractivity contribution < 1.29 is 9.90 Å². The van der Waals surface area contributed by atoms with Gasteiger partial charge in [0.05, 0.1) is 0 Å². The molecule has 1 aliphatic rings. The van der Waals surface area contributed by atoms with Crippen LogP contribution in [0.15, 0.2) is 29.3 Å². The van der Waals surface area contributed by atoms with Crippen LogP contribution < -0.4 is 5.73 Å². The second-order valence-electron chi connectivity index (χ2n) is 6.36. The Labute approximate surface area is 150 Å². The van der Waals surface area contributed by atoms with Crippen LogP contribution in [-0.4, -0.2) is 22.7 Å². The Balaban J connectivity index is 0.000000255. The molecule has 2 rings (SSSR count). The molecule has 0 unspecified atom stereocenters. The van der Waals surface area contributed by atoms with E-state index in [4.69, 9.17) is 16.2 Å². The number of aliphatic imine (C=N–C) groups is 1. The number of nitrogens with zero attached hydrogens (tertiary/aromatic N) is 1. The highest BCUT2D eigenvalue weighted by Crippen LogP contribution is 2.15. The monoisotopic (exact) mass is 345 g/mol. The van der Waals surface area contributed by atoms with Gasteiger partial charge in [0.1, 0.15) is 5.84 Å². The number of aliphatic carboxylic acids is 1. The molecule has 1 aromatic carbocycles. The average molecular weight is 345 g/mol. The zero-order valence-corrected chi connectivity index (χ0v) is 15.3. The smallest absolute Gasteiger partial charge is 0.303 e. The van der Waals surface area contributed by atoms with Gasteiger partial charge in [0.15, 0.2) is 5.84 Å². The Morgan fingerprint density at radius 3 is 2.04 bits per heavy atom. The zero-order valence-electron chi connectivity index (χ0n) is 15.3. The minimum Gasteiger partial charge on any atom is -0.481 e. The lowest BCUT2D eigenvalue weighted by Gasteiger charge is -2.00. The molecule has 0 atom stereocenters. The third-order valence-corrected chi connectivity index (χ3v) is 4.18. The number of rotatable bonds is 10. The molecule has 5 nitrogen and oxygen atoms in total. The summed E-state index contributed by atoms with van der Waals surface area (Å²) < 4.78 is 0. The number of hydrogen-bond acceptors (Lipinski definition) is 3. The molecule has 0 spiro atoms. The number of nitrogens with one attached hydrogen (secondary N) is 1. The molecule has 0 aliphatic carbocycles. The third-order valence-electron chi connectivity index (χ3n) is 4.18. The molecular weight excluding hydrogens is 314 g/mol. The van der Waals surface area contributed by atoms with Crippen LogP contribution in [0.1, 0.15) is 82.3 Å². The maximum Gasteiger partial charge on any atom is 0.303 e. The van der Waals surface area contributed by atoms with Crippen molar-refractivity contribution in [1.82, 2.24) is 0 Å². The van der Waals surface area contributed by atoms with Gasteiger partial charge in [0.2, 0.25) is 0 Å². The minimum atomic E-state index is -0.659. The Morgan fingerprint density at radius 2 is 1.52 bits per heavy atom. The molecule has 0 saturated heterocycles. The van der Waals surface area contributed by atoms with E-state index in [0.29, 0.717) is 12.3 Å². The highest BCUT2D eigenvalue weighted by Gasteiger charge is 2.16. The quantitative estimate of drug-likeness (QED) is 0.535. The molecular formula is C20H31N3O2. The number of carbonyl (C=O) groups is 1. The fourth-order valence-electron chi connectivity index (χ4n) is 2.74. The van der Waals surface area contributed by atoms with Crippen molar-refractivity contribution in [2.75, 3.05) is 0 Å². The topological polar surface area (TPSA) is 99.5 Å². The van der Waals surface area contributed by atoms with Crippen molar-refractivity contribution >= 4 is 17.6 Å². The van der Waals surface area contributed by atoms with Crippen LogP contribution in [0.25, 0.3) is 0 Å². The lowest BCUT2D eigenvalue weighted by Crippen LogP contribution is -2.09. The Kier molecular flexibility index (Phi) is 10.2. The maximum atomic E-state index is 10.2. The van der Waals surface area contributed by atoms with Gasteiger partial charge in [-0.2, -0.15) is 0 Å². The second-order valence-corrected chi connectivity index (χ2v) is 6.36. The van der Waals surface area contributed by atoms with Crippen LogP contribution in [0.3, 0.4) is 0 Å². The van der Waals surface area contributed by atoms with E-state index in [0.717, 1.165) is 24.0 Å². The minimum absolute atomic E-state index is 0.262. The number of unbranched alkanes of at least 4 members (excludes halogenated alkanes) is 8. The van der Waals surface area contributed by atoms with Crippen molar-refractivity contribution in [3.63, 3.8) is 0 Å². The van der Waals surface area contributed by atoms with Gasteiger partial charge in [-0.25, -0.2) is 4.99 Å². The lowest BCUT2D eigenvalue weighted by atomic mass is 10.1. The average Bonchev–Trinajstić information content (AvgIpc) is 2.89. The molecule has 1 aromatic rings. The van der Waals surface area contributed by atoms with Gasteiger partial charge < -0.3 is 10.8 Å². The molecule has 1 heterocycles. The Morgan fingerprint density at radius 1 is 1.00 bits per heavy atom. The van der Waals surface area contributed by atoms with Crippen LogP contribution in [-0.2, 0) is 4.79 Å². The molecule has 0 aromatic heterocycles. The normalized spacial score (nSPS) is 12.2. The van der Waals surface area contributed by atoms with Crippen molar-refractivity contribution in [1.29, 1.82) is 5.41 Å². The van der Waals surface area contributed by atoms with Crippen LogP contribution >= 0.6 is 0 Å². The standard InChI is InChI=1S/C12H24O2.C8H7N3/c1-2-3-4-5-6-7-8-9-10-11-12(13)14;9-7-5-3-1-2-4-6(5)8(10)11-7/h2-11H2,1H3,(H,13,14);1-4H,(H3,9,10,11). The van der Waals surface area contributed by atoms with Crippen molar-refractivity contribution in [2.45, 2.75) is 71.1 Å². The van der Waals surface area contributed by atoms with Gasteiger partial charge in [-0.15, -0.1) is 0 Å². The highest BCUT2D eigenvalue weighted by atomic mass is 16.4. The van der Waals surface area contributed by atoms with Crippen LogP contribution in [0.4, 0.5) is 0 Å². The molecule has 0 saturated carbocycles. The number of nitrogens with two attached hydrogens (primary N) is 1. The molecule has 0 amide bonds. The van der Waals surface area contributed by atoms with Crippen molar-refractivity contribution in [3.05, 3.63) is 35.4 Å². The fraction of sp³-hybridized carbons (Fsp3) is 0.550. The summed E-state index contributed by atoms with van der Waals surface area (Å²) in [4.78, 5) is 14.0. The molecule has 0 bridgehead atoms. The summed E-state index contributed by atoms with van der Waals surface area (Å²) in [7, 11) is 0. The Bertz CT molecular complexity index is 582. The number of benzene rings is 1. The highest BCUT2D eigenvalue weighted by molar-refractivity contribution is 6.20. The second kappa shape index (κ2) is 12.2. The van der Waals surface area contributed by atoms with E-state index in [2.05, 4.69) is 11.9 Å². The van der Waals surface area contributed by atoms with E-state index in [1.807, 2.05) is 24.3 Å². The number of carboxylic acid groups (broad SMARTS) is 1. The van der Waals surface area contributed by atoms with E-state index < -0.39 is 5.97 Å². The molecule has 4 N–H and O–H groups in total. The zero-order chi connectivity index (χ0) is 18.5. The lowest BCUT2D eigenvalue weighted by molar-refractivity contribution is -0.137. The van der Waals surface area contributed by atoms with Crippen molar-refractivity contribution in [3.8, 4) is 0 Å². The van der Waals surface area contributed by atoms with Crippen molar-refractivity contribution in [2.24, 2.45) is 10.7 Å². The summed E-state index contributed by atoms with van der Waals surface area (Å²) in [5.74, 6) is 0.0524. The summed E-state index contributed by atoms with van der Waals surface area (Å²) in [6.07, 6.45) is 11.5. The predicted octanol–water partition coefficient (Wildman–Crippen LogP) is 4.72. The number of hydrogen-bond donors (Lipinski definition) is 3. The van der Waals surface area contributed by atoms with E-state index >= 15 is 0 Å². The summed E-state index contributed by atoms with van der Waals surface area (Å²) in [5, 5.41) is 15.8. The SMILES string of the molecule is CCCCCCCCCCCC(=O)O.N=C1N=C(N)c2ccccc21. The van der Waals surface area contributed by atoms with Crippen LogP contribution in [0, 0.1) is 5.41 Å². The van der Waals surface area contributed by atoms with Crippen LogP contribution in [0.2, 0.25) is 0 Å². The fourth-order valence-corrected chi connectivity index (χ4v) is 2.74. The van der Waals surface area contributed by atoms with Gasteiger partial charge in [0, 0.05) is 17.5 Å². The summed E-state index contributed by atoms with van der Waals surface area (Å²) in [6.45, 7) is 2.23. The molecule has 138 valence electrons. The van der Waals surface area contributed by atoms with Crippen LogP contribution in [0.5, 0.6) is 0 Å². The summed E-state index contributed by atoms with van der Waals surface area (Å²) in [5.41, 5.74) is 7.24. The first kappa shape index (κ1) is 20.9. The van der Waals surface area contributed by atoms with E-state index in [9.17, 15) is 4.79 Å². The third kappa shape index (κ3) is 8.47. The van der Waals surface area contributed by atoms with Gasteiger partial charge in [-0.3, -0.25) is 10.2 Å². The summed E-state index contributed by atoms with van der Waals surface area (Å²) in [6, 6.07) is 7.48. The molecule has 0 radical (unpaired) electrons. The molecule has 5 heteroatoms. The largest absolute Gasteiger partial charge is 0.481 e. The van der Waals surface area contributed by atoms with Gasteiger partial charge >= 0.3 is 5.97 Å². The molecule has 1 aliphatic heterocycles.